The van der Waals surface area contributed by atoms with Crippen LogP contribution in [-0.4, -0.2) is 15.6 Å². The van der Waals surface area contributed by atoms with Crippen molar-refractivity contribution >= 4 is 5.78 Å². The number of fused-ring (bicyclic) bond motifs is 3. The molecular weight excluding hydrogens is 284 g/mol. The molecule has 1 heterocycles. The fraction of sp³-hybridized carbons (Fsp3) is 0.500. The van der Waals surface area contributed by atoms with Crippen LogP contribution in [0.5, 0.6) is 0 Å². The predicted octanol–water partition coefficient (Wildman–Crippen LogP) is 3.46. The Balaban J connectivity index is 1.84. The van der Waals surface area contributed by atoms with Gasteiger partial charge in [0, 0.05) is 31.0 Å². The van der Waals surface area contributed by atoms with E-state index in [1.54, 1.807) is 0 Å². The molecule has 23 heavy (non-hydrogen) atoms. The summed E-state index contributed by atoms with van der Waals surface area (Å²) in [6.07, 6.45) is 6.99. The molecule has 0 saturated heterocycles. The van der Waals surface area contributed by atoms with Crippen LogP contribution in [0, 0.1) is 11.8 Å². The van der Waals surface area contributed by atoms with E-state index in [2.05, 4.69) is 43.5 Å². The largest absolute Gasteiger partial charge is 0.299 e. The van der Waals surface area contributed by atoms with Crippen molar-refractivity contribution in [2.45, 2.75) is 44.4 Å². The summed E-state index contributed by atoms with van der Waals surface area (Å²) in [6.45, 7) is 2.14. The van der Waals surface area contributed by atoms with E-state index in [1.807, 2.05) is 11.7 Å². The summed E-state index contributed by atoms with van der Waals surface area (Å²) >= 11 is 0. The summed E-state index contributed by atoms with van der Waals surface area (Å²) < 4.78 is 1.96. The molecule has 2 unspecified atom stereocenters. The molecule has 120 valence electrons. The van der Waals surface area contributed by atoms with Crippen LogP contribution in [0.4, 0.5) is 0 Å². The number of Topliss-reactive ketones (excluding diaryl/α,β-unsaturated/α-hetero) is 1. The summed E-state index contributed by atoms with van der Waals surface area (Å²) in [5, 5.41) is 4.87. The first-order valence-electron chi connectivity index (χ1n) is 8.70. The van der Waals surface area contributed by atoms with E-state index in [1.165, 1.54) is 16.8 Å². The van der Waals surface area contributed by atoms with Gasteiger partial charge in [0.25, 0.3) is 0 Å². The summed E-state index contributed by atoms with van der Waals surface area (Å²) in [5.41, 5.74) is 4.04. The quantitative estimate of drug-likeness (QED) is 0.851. The lowest BCUT2D eigenvalue weighted by atomic mass is 9.54. The molecule has 0 radical (unpaired) electrons. The van der Waals surface area contributed by atoms with Gasteiger partial charge in [-0.2, -0.15) is 5.10 Å². The van der Waals surface area contributed by atoms with Gasteiger partial charge in [0.1, 0.15) is 5.78 Å². The first-order chi connectivity index (χ1) is 11.1. The predicted molar refractivity (Wildman–Crippen MR) is 90.2 cm³/mol. The highest BCUT2D eigenvalue weighted by Gasteiger charge is 2.52. The lowest BCUT2D eigenvalue weighted by Crippen LogP contribution is -2.50. The Bertz CT molecular complexity index is 733. The maximum atomic E-state index is 12.3. The van der Waals surface area contributed by atoms with E-state index < -0.39 is 0 Å². The molecule has 2 aromatic rings. The van der Waals surface area contributed by atoms with Crippen molar-refractivity contribution in [3.63, 3.8) is 0 Å². The average Bonchev–Trinajstić information content (AvgIpc) is 2.94. The zero-order chi connectivity index (χ0) is 16.0. The SMILES string of the molecule is CC1C(=O)CC[C@]2(Cc3ccccc3)c3nn(C)cc3CCC12. The summed E-state index contributed by atoms with van der Waals surface area (Å²) in [6, 6.07) is 10.7. The van der Waals surface area contributed by atoms with Gasteiger partial charge in [-0.05, 0) is 42.7 Å². The number of aryl methyl sites for hydroxylation is 2. The minimum atomic E-state index is 0.0313. The van der Waals surface area contributed by atoms with Gasteiger partial charge in [-0.25, -0.2) is 0 Å². The molecule has 3 heteroatoms. The van der Waals surface area contributed by atoms with Crippen LogP contribution in [0.3, 0.4) is 0 Å². The molecule has 0 aliphatic heterocycles. The van der Waals surface area contributed by atoms with Gasteiger partial charge in [0.15, 0.2) is 0 Å². The Morgan fingerprint density at radius 3 is 2.83 bits per heavy atom. The maximum absolute atomic E-state index is 12.3. The van der Waals surface area contributed by atoms with Crippen LogP contribution in [0.1, 0.15) is 43.0 Å². The highest BCUT2D eigenvalue weighted by atomic mass is 16.1. The van der Waals surface area contributed by atoms with E-state index in [0.717, 1.165) is 25.7 Å². The van der Waals surface area contributed by atoms with Gasteiger partial charge in [-0.15, -0.1) is 0 Å². The number of aromatic nitrogens is 2. The Hall–Kier alpha value is -1.90. The highest BCUT2D eigenvalue weighted by Crippen LogP contribution is 2.52. The topological polar surface area (TPSA) is 34.9 Å². The highest BCUT2D eigenvalue weighted by molar-refractivity contribution is 5.82. The van der Waals surface area contributed by atoms with Gasteiger partial charge in [0.05, 0.1) is 5.69 Å². The number of benzene rings is 1. The standard InChI is InChI=1S/C20H24N2O/c1-14-17-9-8-16-13-22(2)21-19(16)20(17,11-10-18(14)23)12-15-6-4-3-5-7-15/h3-7,13-14,17H,8-12H2,1-2H3/t14?,17?,20-/m1/s1. The van der Waals surface area contributed by atoms with E-state index >= 15 is 0 Å². The molecule has 4 rings (SSSR count). The van der Waals surface area contributed by atoms with Gasteiger partial charge in [-0.3, -0.25) is 9.48 Å². The molecule has 0 bridgehead atoms. The molecule has 3 nitrogen and oxygen atoms in total. The zero-order valence-corrected chi connectivity index (χ0v) is 14.0. The van der Waals surface area contributed by atoms with Crippen molar-refractivity contribution in [2.75, 3.05) is 0 Å². The average molecular weight is 308 g/mol. The lowest BCUT2D eigenvalue weighted by molar-refractivity contribution is -0.129. The number of hydrogen-bond donors (Lipinski definition) is 0. The second kappa shape index (κ2) is 5.33. The van der Waals surface area contributed by atoms with E-state index in [-0.39, 0.29) is 11.3 Å². The number of carbonyl (C=O) groups excluding carboxylic acids is 1. The smallest absolute Gasteiger partial charge is 0.136 e. The van der Waals surface area contributed by atoms with Crippen molar-refractivity contribution in [2.24, 2.45) is 18.9 Å². The van der Waals surface area contributed by atoms with Crippen LogP contribution < -0.4 is 0 Å². The fourth-order valence-corrected chi connectivity index (χ4v) is 5.00. The van der Waals surface area contributed by atoms with Gasteiger partial charge in [-0.1, -0.05) is 37.3 Å². The number of ketones is 1. The lowest BCUT2D eigenvalue weighted by Gasteiger charge is -2.49. The summed E-state index contributed by atoms with van der Waals surface area (Å²) in [5.74, 6) is 1.02. The molecule has 2 aliphatic rings. The van der Waals surface area contributed by atoms with Gasteiger partial charge >= 0.3 is 0 Å². The molecule has 1 saturated carbocycles. The maximum Gasteiger partial charge on any atom is 0.136 e. The number of rotatable bonds is 2. The van der Waals surface area contributed by atoms with E-state index in [9.17, 15) is 4.79 Å². The van der Waals surface area contributed by atoms with Crippen molar-refractivity contribution < 1.29 is 4.79 Å². The minimum Gasteiger partial charge on any atom is -0.299 e. The molecule has 1 aromatic heterocycles. The molecule has 2 aliphatic carbocycles. The molecule has 0 amide bonds. The molecule has 1 fully saturated rings. The normalized spacial score (nSPS) is 29.9. The third kappa shape index (κ3) is 2.25. The summed E-state index contributed by atoms with van der Waals surface area (Å²) in [4.78, 5) is 12.3. The third-order valence-corrected chi connectivity index (χ3v) is 6.10. The van der Waals surface area contributed by atoms with Crippen molar-refractivity contribution in [3.05, 3.63) is 53.3 Å². The Morgan fingerprint density at radius 2 is 2.04 bits per heavy atom. The third-order valence-electron chi connectivity index (χ3n) is 6.10. The monoisotopic (exact) mass is 308 g/mol. The molecule has 1 aromatic carbocycles. The number of hydrogen-bond acceptors (Lipinski definition) is 2. The van der Waals surface area contributed by atoms with Crippen molar-refractivity contribution in [3.8, 4) is 0 Å². The van der Waals surface area contributed by atoms with E-state index in [0.29, 0.717) is 18.1 Å². The van der Waals surface area contributed by atoms with Crippen molar-refractivity contribution in [1.82, 2.24) is 9.78 Å². The Kier molecular flexibility index (Phi) is 3.40. The molecule has 0 spiro atoms. The van der Waals surface area contributed by atoms with Crippen LogP contribution in [-0.2, 0) is 30.1 Å². The number of carbonyl (C=O) groups is 1. The summed E-state index contributed by atoms with van der Waals surface area (Å²) in [7, 11) is 2.01. The van der Waals surface area contributed by atoms with Crippen LogP contribution in [0.15, 0.2) is 36.5 Å². The first-order valence-corrected chi connectivity index (χ1v) is 8.70. The van der Waals surface area contributed by atoms with Crippen LogP contribution in [0.25, 0.3) is 0 Å². The van der Waals surface area contributed by atoms with Gasteiger partial charge < -0.3 is 0 Å². The zero-order valence-electron chi connectivity index (χ0n) is 14.0. The van der Waals surface area contributed by atoms with E-state index in [4.69, 9.17) is 5.10 Å². The second-order valence-corrected chi connectivity index (χ2v) is 7.40. The number of nitrogens with zero attached hydrogens (tertiary/aromatic N) is 2. The van der Waals surface area contributed by atoms with Crippen molar-refractivity contribution in [1.29, 1.82) is 0 Å². The van der Waals surface area contributed by atoms with Crippen LogP contribution >= 0.6 is 0 Å². The minimum absolute atomic E-state index is 0.0313. The first kappa shape index (κ1) is 14.7. The second-order valence-electron chi connectivity index (χ2n) is 7.40. The molecule has 0 N–H and O–H groups in total. The fourth-order valence-electron chi connectivity index (χ4n) is 5.00. The Morgan fingerprint density at radius 1 is 1.26 bits per heavy atom. The Labute approximate surface area is 137 Å². The molecular formula is C20H24N2O. The van der Waals surface area contributed by atoms with Gasteiger partial charge in [0.2, 0.25) is 0 Å². The van der Waals surface area contributed by atoms with Crippen LogP contribution in [0.2, 0.25) is 0 Å². The molecule has 3 atom stereocenters.